The molecule has 1 heterocycles. The van der Waals surface area contributed by atoms with Crippen LogP contribution in [-0.4, -0.2) is 52.9 Å². The number of hydrogen-bond donors (Lipinski definition) is 0. The first-order valence-corrected chi connectivity index (χ1v) is 11.1. The zero-order chi connectivity index (χ0) is 19.4. The first-order valence-electron chi connectivity index (χ1n) is 8.71. The van der Waals surface area contributed by atoms with Crippen LogP contribution >= 0.6 is 11.8 Å². The Morgan fingerprint density at radius 3 is 2.74 bits per heavy atom. The van der Waals surface area contributed by atoms with Crippen LogP contribution in [0.15, 0.2) is 52.3 Å². The Morgan fingerprint density at radius 1 is 1.22 bits per heavy atom. The van der Waals surface area contributed by atoms with Crippen LogP contribution < -0.4 is 9.04 Å². The van der Waals surface area contributed by atoms with E-state index in [1.165, 1.54) is 22.5 Å². The number of hydrogen-bond acceptors (Lipinski definition) is 5. The first kappa shape index (κ1) is 20.0. The van der Waals surface area contributed by atoms with Crippen molar-refractivity contribution in [1.82, 2.24) is 4.90 Å². The van der Waals surface area contributed by atoms with Crippen molar-refractivity contribution in [2.75, 3.05) is 43.8 Å². The van der Waals surface area contributed by atoms with Gasteiger partial charge in [0.2, 0.25) is 0 Å². The minimum absolute atomic E-state index is 0.290. The highest BCUT2D eigenvalue weighted by atomic mass is 32.2. The second kappa shape index (κ2) is 8.50. The molecule has 1 aliphatic heterocycles. The Hall–Kier alpha value is -1.77. The van der Waals surface area contributed by atoms with Gasteiger partial charge < -0.3 is 9.64 Å². The standard InChI is InChI=1S/C19H23FN2O3S2/c1-21(2)10-5-12-25-15-8-9-18-17(14-15)22(11-13-26-18)27(23,24)19-7-4-3-6-16(19)20/h3-4,6-9,14H,5,10-13H2,1-2H3. The van der Waals surface area contributed by atoms with E-state index in [1.807, 2.05) is 26.2 Å². The van der Waals surface area contributed by atoms with E-state index in [0.717, 1.165) is 23.9 Å². The number of sulfonamides is 1. The average molecular weight is 411 g/mol. The second-order valence-corrected chi connectivity index (χ2v) is 9.46. The molecule has 3 rings (SSSR count). The number of halogens is 1. The fraction of sp³-hybridized carbons (Fsp3) is 0.368. The minimum Gasteiger partial charge on any atom is -0.493 e. The molecule has 0 saturated carbocycles. The fourth-order valence-electron chi connectivity index (χ4n) is 2.86. The lowest BCUT2D eigenvalue weighted by atomic mass is 10.3. The van der Waals surface area contributed by atoms with Gasteiger partial charge in [-0.3, -0.25) is 4.31 Å². The predicted molar refractivity (Wildman–Crippen MR) is 107 cm³/mol. The Kier molecular flexibility index (Phi) is 6.29. The lowest BCUT2D eigenvalue weighted by molar-refractivity contribution is 0.281. The summed E-state index contributed by atoms with van der Waals surface area (Å²) in [5.74, 6) is 0.487. The first-order chi connectivity index (χ1) is 12.9. The van der Waals surface area contributed by atoms with Gasteiger partial charge in [-0.05, 0) is 44.8 Å². The number of anilines is 1. The summed E-state index contributed by atoms with van der Waals surface area (Å²) in [6.45, 7) is 1.75. The summed E-state index contributed by atoms with van der Waals surface area (Å²) in [5, 5.41) is 0. The summed E-state index contributed by atoms with van der Waals surface area (Å²) in [4.78, 5) is 2.62. The van der Waals surface area contributed by atoms with Gasteiger partial charge in [0.05, 0.1) is 12.3 Å². The van der Waals surface area contributed by atoms with E-state index >= 15 is 0 Å². The molecule has 146 valence electrons. The van der Waals surface area contributed by atoms with Crippen LogP contribution in [0.2, 0.25) is 0 Å². The van der Waals surface area contributed by atoms with Crippen molar-refractivity contribution in [1.29, 1.82) is 0 Å². The van der Waals surface area contributed by atoms with Gasteiger partial charge in [-0.25, -0.2) is 12.8 Å². The van der Waals surface area contributed by atoms with Gasteiger partial charge in [-0.2, -0.15) is 0 Å². The van der Waals surface area contributed by atoms with Gasteiger partial charge in [-0.15, -0.1) is 11.8 Å². The van der Waals surface area contributed by atoms with E-state index in [4.69, 9.17) is 4.74 Å². The molecule has 8 heteroatoms. The molecule has 0 bridgehead atoms. The predicted octanol–water partition coefficient (Wildman–Crippen LogP) is 3.46. The third kappa shape index (κ3) is 4.56. The van der Waals surface area contributed by atoms with E-state index in [2.05, 4.69) is 4.90 Å². The minimum atomic E-state index is -3.98. The van der Waals surface area contributed by atoms with E-state index in [1.54, 1.807) is 17.8 Å². The molecular formula is C19H23FN2O3S2. The molecule has 0 N–H and O–H groups in total. The molecule has 27 heavy (non-hydrogen) atoms. The maximum Gasteiger partial charge on any atom is 0.267 e. The topological polar surface area (TPSA) is 49.9 Å². The number of thioether (sulfide) groups is 1. The van der Waals surface area contributed by atoms with Crippen molar-refractivity contribution in [3.05, 3.63) is 48.3 Å². The summed E-state index contributed by atoms with van der Waals surface area (Å²) >= 11 is 1.59. The quantitative estimate of drug-likeness (QED) is 0.655. The molecule has 0 atom stereocenters. The van der Waals surface area contributed by atoms with E-state index in [0.29, 0.717) is 30.3 Å². The Morgan fingerprint density at radius 2 is 2.00 bits per heavy atom. The number of nitrogens with zero attached hydrogens (tertiary/aromatic N) is 2. The SMILES string of the molecule is CN(C)CCCOc1ccc2c(c1)N(S(=O)(=O)c1ccccc1F)CCS2. The normalized spacial score (nSPS) is 14.3. The van der Waals surface area contributed by atoms with E-state index < -0.39 is 15.8 Å². The molecule has 0 radical (unpaired) electrons. The number of fused-ring (bicyclic) bond motifs is 1. The van der Waals surface area contributed by atoms with Crippen molar-refractivity contribution in [2.24, 2.45) is 0 Å². The van der Waals surface area contributed by atoms with Gasteiger partial charge in [0.25, 0.3) is 10.0 Å². The summed E-state index contributed by atoms with van der Waals surface area (Å²) in [6.07, 6.45) is 0.871. The maximum atomic E-state index is 14.1. The van der Waals surface area contributed by atoms with Crippen LogP contribution in [0.25, 0.3) is 0 Å². The molecule has 2 aromatic rings. The van der Waals surface area contributed by atoms with Crippen LogP contribution in [0.3, 0.4) is 0 Å². The largest absolute Gasteiger partial charge is 0.493 e. The van der Waals surface area contributed by atoms with Crippen molar-refractivity contribution < 1.29 is 17.5 Å². The molecule has 0 aromatic heterocycles. The third-order valence-electron chi connectivity index (χ3n) is 4.17. The highest BCUT2D eigenvalue weighted by Crippen LogP contribution is 2.40. The van der Waals surface area contributed by atoms with Crippen LogP contribution in [0.1, 0.15) is 6.42 Å². The Balaban J connectivity index is 1.86. The highest BCUT2D eigenvalue weighted by molar-refractivity contribution is 8.00. The second-order valence-electron chi connectivity index (χ2n) is 6.49. The smallest absolute Gasteiger partial charge is 0.267 e. The van der Waals surface area contributed by atoms with Crippen molar-refractivity contribution in [2.45, 2.75) is 16.2 Å². The van der Waals surface area contributed by atoms with E-state index in [-0.39, 0.29) is 4.90 Å². The highest BCUT2D eigenvalue weighted by Gasteiger charge is 2.31. The van der Waals surface area contributed by atoms with Crippen LogP contribution in [0, 0.1) is 5.82 Å². The summed E-state index contributed by atoms with van der Waals surface area (Å²) < 4.78 is 47.3. The van der Waals surface area contributed by atoms with Crippen molar-refractivity contribution in [3.8, 4) is 5.75 Å². The Labute approximate surface area is 164 Å². The molecule has 0 saturated heterocycles. The number of ether oxygens (including phenoxy) is 1. The lowest BCUT2D eigenvalue weighted by Gasteiger charge is -2.30. The monoisotopic (exact) mass is 410 g/mol. The third-order valence-corrected chi connectivity index (χ3v) is 7.06. The molecule has 2 aromatic carbocycles. The Bertz CT molecular complexity index is 904. The molecule has 0 aliphatic carbocycles. The summed E-state index contributed by atoms with van der Waals surface area (Å²) in [6, 6.07) is 10.9. The molecular weight excluding hydrogens is 387 g/mol. The molecule has 5 nitrogen and oxygen atoms in total. The van der Waals surface area contributed by atoms with Gasteiger partial charge in [-0.1, -0.05) is 12.1 Å². The van der Waals surface area contributed by atoms with Crippen LogP contribution in [0.4, 0.5) is 10.1 Å². The molecule has 0 fully saturated rings. The van der Waals surface area contributed by atoms with E-state index in [9.17, 15) is 12.8 Å². The van der Waals surface area contributed by atoms with Crippen molar-refractivity contribution in [3.63, 3.8) is 0 Å². The lowest BCUT2D eigenvalue weighted by Crippen LogP contribution is -2.35. The van der Waals surface area contributed by atoms with Crippen molar-refractivity contribution >= 4 is 27.5 Å². The van der Waals surface area contributed by atoms with Gasteiger partial charge in [0, 0.05) is 29.8 Å². The van der Waals surface area contributed by atoms with Crippen LogP contribution in [-0.2, 0) is 10.0 Å². The maximum absolute atomic E-state index is 14.1. The molecule has 0 unspecified atom stereocenters. The molecule has 0 amide bonds. The fourth-order valence-corrected chi connectivity index (χ4v) is 5.55. The summed E-state index contributed by atoms with van der Waals surface area (Å²) in [7, 11) is 0.0266. The average Bonchev–Trinajstić information content (AvgIpc) is 2.64. The van der Waals surface area contributed by atoms with Crippen LogP contribution in [0.5, 0.6) is 5.75 Å². The van der Waals surface area contributed by atoms with Gasteiger partial charge >= 0.3 is 0 Å². The van der Waals surface area contributed by atoms with Gasteiger partial charge in [0.1, 0.15) is 16.5 Å². The molecule has 0 spiro atoms. The zero-order valence-corrected chi connectivity index (χ0v) is 17.0. The zero-order valence-electron chi connectivity index (χ0n) is 15.4. The summed E-state index contributed by atoms with van der Waals surface area (Å²) in [5.41, 5.74) is 0.541. The number of rotatable bonds is 7. The molecule has 1 aliphatic rings. The van der Waals surface area contributed by atoms with Gasteiger partial charge in [0.15, 0.2) is 0 Å². The number of benzene rings is 2.